The number of fused-ring (bicyclic) bond motifs is 2. The Morgan fingerprint density at radius 3 is 3.29 bits per heavy atom. The van der Waals surface area contributed by atoms with Gasteiger partial charge in [-0.3, -0.25) is 0 Å². The maximum atomic E-state index is 5.52. The van der Waals surface area contributed by atoms with E-state index in [1.807, 2.05) is 6.26 Å². The molecule has 0 radical (unpaired) electrons. The molecule has 1 saturated heterocycles. The van der Waals surface area contributed by atoms with Gasteiger partial charge >= 0.3 is 0 Å². The normalized spacial score (nSPS) is 32.4. The second-order valence-corrected chi connectivity index (χ2v) is 4.50. The molecular weight excluding hydrogens is 176 g/mol. The molecule has 0 aromatic carbocycles. The van der Waals surface area contributed by atoms with Crippen LogP contribution in [0.5, 0.6) is 0 Å². The van der Waals surface area contributed by atoms with E-state index in [1.165, 1.54) is 24.3 Å². The molecule has 1 fully saturated rings. The fourth-order valence-corrected chi connectivity index (χ4v) is 2.84. The van der Waals surface area contributed by atoms with E-state index in [9.17, 15) is 0 Å². The molecule has 3 heteroatoms. The fraction of sp³-hybridized carbons (Fsp3) is 0.636. The summed E-state index contributed by atoms with van der Waals surface area (Å²) in [5, 5.41) is 3.67. The molecule has 3 rings (SSSR count). The molecule has 0 amide bonds. The van der Waals surface area contributed by atoms with Crippen molar-refractivity contribution in [2.75, 3.05) is 26.7 Å². The van der Waals surface area contributed by atoms with Crippen molar-refractivity contribution < 1.29 is 4.42 Å². The van der Waals surface area contributed by atoms with Gasteiger partial charge in [0.15, 0.2) is 0 Å². The predicted octanol–water partition coefficient (Wildman–Crippen LogP) is 0.956. The Bertz CT molecular complexity index is 347. The summed E-state index contributed by atoms with van der Waals surface area (Å²) in [6.07, 6.45) is 4.07. The van der Waals surface area contributed by atoms with Crippen LogP contribution in [0.4, 0.5) is 0 Å². The van der Waals surface area contributed by atoms with Crippen molar-refractivity contribution in [3.8, 4) is 0 Å². The molecule has 2 aliphatic heterocycles. The molecule has 1 spiro atoms. The van der Waals surface area contributed by atoms with Gasteiger partial charge in [-0.05, 0) is 19.5 Å². The zero-order chi connectivity index (χ0) is 9.60. The Labute approximate surface area is 84.1 Å². The average molecular weight is 192 g/mol. The van der Waals surface area contributed by atoms with Crippen molar-refractivity contribution in [1.82, 2.24) is 10.2 Å². The fourth-order valence-electron chi connectivity index (χ4n) is 2.84. The van der Waals surface area contributed by atoms with E-state index in [2.05, 4.69) is 23.3 Å². The Morgan fingerprint density at radius 2 is 2.50 bits per heavy atom. The Kier molecular flexibility index (Phi) is 1.73. The van der Waals surface area contributed by atoms with Gasteiger partial charge in [-0.2, -0.15) is 0 Å². The number of nitrogens with one attached hydrogen (secondary N) is 1. The lowest BCUT2D eigenvalue weighted by Crippen LogP contribution is -2.48. The quantitative estimate of drug-likeness (QED) is 0.663. The minimum atomic E-state index is 0.190. The SMILES string of the molecule is CN1CCC2(C1)NCCc1occc12. The predicted molar refractivity (Wildman–Crippen MR) is 54.2 cm³/mol. The molecule has 1 N–H and O–H groups in total. The first-order valence-corrected chi connectivity index (χ1v) is 5.31. The van der Waals surface area contributed by atoms with Crippen molar-refractivity contribution in [2.24, 2.45) is 0 Å². The first kappa shape index (κ1) is 8.50. The first-order chi connectivity index (χ1) is 6.80. The highest BCUT2D eigenvalue weighted by Crippen LogP contribution is 2.36. The van der Waals surface area contributed by atoms with Crippen molar-refractivity contribution in [3.63, 3.8) is 0 Å². The van der Waals surface area contributed by atoms with Crippen molar-refractivity contribution in [1.29, 1.82) is 0 Å². The number of hydrogen-bond donors (Lipinski definition) is 1. The molecule has 0 saturated carbocycles. The highest BCUT2D eigenvalue weighted by Gasteiger charge is 2.42. The van der Waals surface area contributed by atoms with Crippen LogP contribution in [-0.2, 0) is 12.0 Å². The van der Waals surface area contributed by atoms with Crippen molar-refractivity contribution >= 4 is 0 Å². The zero-order valence-corrected chi connectivity index (χ0v) is 8.55. The molecular formula is C11H16N2O. The number of rotatable bonds is 0. The lowest BCUT2D eigenvalue weighted by atomic mass is 9.85. The Morgan fingerprint density at radius 1 is 1.57 bits per heavy atom. The van der Waals surface area contributed by atoms with Crippen LogP contribution in [0, 0.1) is 0 Å². The van der Waals surface area contributed by atoms with Gasteiger partial charge < -0.3 is 14.6 Å². The average Bonchev–Trinajstić information content (AvgIpc) is 2.75. The van der Waals surface area contributed by atoms with Crippen LogP contribution in [0.15, 0.2) is 16.7 Å². The number of hydrogen-bond acceptors (Lipinski definition) is 3. The van der Waals surface area contributed by atoms with Gasteiger partial charge in [0.1, 0.15) is 5.76 Å². The summed E-state index contributed by atoms with van der Waals surface area (Å²) < 4.78 is 5.52. The van der Waals surface area contributed by atoms with E-state index in [1.54, 1.807) is 0 Å². The van der Waals surface area contributed by atoms with E-state index in [4.69, 9.17) is 4.42 Å². The van der Waals surface area contributed by atoms with Gasteiger partial charge in [-0.25, -0.2) is 0 Å². The van der Waals surface area contributed by atoms with Gasteiger partial charge in [0, 0.05) is 31.6 Å². The van der Waals surface area contributed by atoms with Crippen LogP contribution in [0.2, 0.25) is 0 Å². The van der Waals surface area contributed by atoms with Crippen LogP contribution in [-0.4, -0.2) is 31.6 Å². The third kappa shape index (κ3) is 1.06. The zero-order valence-electron chi connectivity index (χ0n) is 8.55. The highest BCUT2D eigenvalue weighted by molar-refractivity contribution is 5.31. The van der Waals surface area contributed by atoms with Crippen LogP contribution in [0.25, 0.3) is 0 Å². The number of likely N-dealkylation sites (tertiary alicyclic amines) is 1. The molecule has 14 heavy (non-hydrogen) atoms. The summed E-state index contributed by atoms with van der Waals surface area (Å²) in [4.78, 5) is 2.38. The van der Waals surface area contributed by atoms with Crippen LogP contribution >= 0.6 is 0 Å². The lowest BCUT2D eigenvalue weighted by molar-refractivity contribution is 0.291. The summed E-state index contributed by atoms with van der Waals surface area (Å²) in [5.74, 6) is 1.19. The molecule has 0 bridgehead atoms. The van der Waals surface area contributed by atoms with Gasteiger partial charge in [0.25, 0.3) is 0 Å². The summed E-state index contributed by atoms with van der Waals surface area (Å²) >= 11 is 0. The van der Waals surface area contributed by atoms with Crippen LogP contribution in [0.1, 0.15) is 17.7 Å². The van der Waals surface area contributed by atoms with Crippen LogP contribution < -0.4 is 5.32 Å². The van der Waals surface area contributed by atoms with Gasteiger partial charge in [0.2, 0.25) is 0 Å². The molecule has 1 aromatic rings. The molecule has 1 aromatic heterocycles. The maximum absolute atomic E-state index is 5.52. The number of likely N-dealkylation sites (N-methyl/N-ethyl adjacent to an activating group) is 1. The highest BCUT2D eigenvalue weighted by atomic mass is 16.3. The van der Waals surface area contributed by atoms with Crippen molar-refractivity contribution in [3.05, 3.63) is 23.7 Å². The van der Waals surface area contributed by atoms with E-state index in [-0.39, 0.29) is 5.54 Å². The Balaban J connectivity index is 2.03. The summed E-state index contributed by atoms with van der Waals surface area (Å²) in [7, 11) is 2.19. The third-order valence-corrected chi connectivity index (χ3v) is 3.54. The van der Waals surface area contributed by atoms with E-state index in [0.29, 0.717) is 0 Å². The molecule has 3 nitrogen and oxygen atoms in total. The van der Waals surface area contributed by atoms with Gasteiger partial charge in [0.05, 0.1) is 11.8 Å². The largest absolute Gasteiger partial charge is 0.469 e. The molecule has 3 heterocycles. The van der Waals surface area contributed by atoms with Gasteiger partial charge in [-0.15, -0.1) is 0 Å². The molecule has 1 unspecified atom stereocenters. The molecule has 76 valence electrons. The number of furan rings is 1. The molecule has 2 aliphatic rings. The number of nitrogens with zero attached hydrogens (tertiary/aromatic N) is 1. The van der Waals surface area contributed by atoms with Gasteiger partial charge in [-0.1, -0.05) is 0 Å². The molecule has 1 atom stereocenters. The second-order valence-electron chi connectivity index (χ2n) is 4.50. The van der Waals surface area contributed by atoms with E-state index < -0.39 is 0 Å². The first-order valence-electron chi connectivity index (χ1n) is 5.31. The summed E-state index contributed by atoms with van der Waals surface area (Å²) in [6.45, 7) is 3.34. The minimum Gasteiger partial charge on any atom is -0.469 e. The summed E-state index contributed by atoms with van der Waals surface area (Å²) in [6, 6.07) is 2.14. The second kappa shape index (κ2) is 2.84. The standard InChI is InChI=1S/C11H16N2O/c1-13-6-4-11(8-13)9-3-7-14-10(9)2-5-12-11/h3,7,12H,2,4-6,8H2,1H3. The summed E-state index contributed by atoms with van der Waals surface area (Å²) in [5.41, 5.74) is 1.59. The smallest absolute Gasteiger partial charge is 0.110 e. The van der Waals surface area contributed by atoms with E-state index >= 15 is 0 Å². The third-order valence-electron chi connectivity index (χ3n) is 3.54. The van der Waals surface area contributed by atoms with E-state index in [0.717, 1.165) is 19.5 Å². The van der Waals surface area contributed by atoms with Crippen molar-refractivity contribution in [2.45, 2.75) is 18.4 Å². The minimum absolute atomic E-state index is 0.190. The maximum Gasteiger partial charge on any atom is 0.110 e. The topological polar surface area (TPSA) is 28.4 Å². The monoisotopic (exact) mass is 192 g/mol. The molecule has 0 aliphatic carbocycles. The lowest BCUT2D eigenvalue weighted by Gasteiger charge is -2.34. The Hall–Kier alpha value is -0.800. The van der Waals surface area contributed by atoms with Crippen LogP contribution in [0.3, 0.4) is 0 Å².